The normalized spacial score (nSPS) is 14.4. The first-order chi connectivity index (χ1) is 16.5. The molecule has 1 aromatic rings. The number of hydrogen-bond donors (Lipinski definition) is 8. The number of carbonyl (C=O) groups is 5. The third-order valence-electron chi connectivity index (χ3n) is 5.18. The quantitative estimate of drug-likeness (QED) is 0.112. The van der Waals surface area contributed by atoms with Crippen LogP contribution in [0.3, 0.4) is 0 Å². The van der Waals surface area contributed by atoms with E-state index in [2.05, 4.69) is 25.9 Å². The fourth-order valence-electron chi connectivity index (χ4n) is 3.22. The standard InChI is InChI=1S/C21H36N8O6/c1-11(2)17(21(34)35)29-19(32)14(5-3-4-6-22)27-20(33)15(7-12-9-25-10-26-12)28-18(31)13(23)8-16(24)30/h9-11,13-15,17H,3-8,22-23H2,1-2H3,(H2,24,30)(H,25,26)(H,27,33)(H,28,31)(H,29,32)(H,34,35). The van der Waals surface area contributed by atoms with E-state index in [-0.39, 0.29) is 12.8 Å². The van der Waals surface area contributed by atoms with Gasteiger partial charge in [-0.25, -0.2) is 9.78 Å². The zero-order valence-corrected chi connectivity index (χ0v) is 20.0. The molecule has 0 aromatic carbocycles. The molecular weight excluding hydrogens is 460 g/mol. The van der Waals surface area contributed by atoms with Gasteiger partial charge in [0.25, 0.3) is 0 Å². The zero-order valence-electron chi connectivity index (χ0n) is 20.0. The molecule has 14 nitrogen and oxygen atoms in total. The molecule has 1 aromatic heterocycles. The van der Waals surface area contributed by atoms with E-state index in [0.717, 1.165) is 0 Å². The molecule has 1 rings (SSSR count). The summed E-state index contributed by atoms with van der Waals surface area (Å²) < 4.78 is 0. The lowest BCUT2D eigenvalue weighted by Crippen LogP contribution is -2.58. The second kappa shape index (κ2) is 14.7. The maximum absolute atomic E-state index is 13.1. The van der Waals surface area contributed by atoms with Crippen LogP contribution in [0, 0.1) is 5.92 Å². The van der Waals surface area contributed by atoms with Crippen molar-refractivity contribution in [3.63, 3.8) is 0 Å². The van der Waals surface area contributed by atoms with Gasteiger partial charge >= 0.3 is 5.97 Å². The Hall–Kier alpha value is -3.52. The third-order valence-corrected chi connectivity index (χ3v) is 5.18. The van der Waals surface area contributed by atoms with E-state index in [1.165, 1.54) is 12.5 Å². The molecule has 14 heteroatoms. The van der Waals surface area contributed by atoms with Gasteiger partial charge in [-0.15, -0.1) is 0 Å². The fourth-order valence-corrected chi connectivity index (χ4v) is 3.22. The highest BCUT2D eigenvalue weighted by Gasteiger charge is 2.31. The van der Waals surface area contributed by atoms with Gasteiger partial charge in [-0.2, -0.15) is 0 Å². The monoisotopic (exact) mass is 496 g/mol. The van der Waals surface area contributed by atoms with Crippen LogP contribution in [-0.4, -0.2) is 75.4 Å². The van der Waals surface area contributed by atoms with E-state index in [9.17, 15) is 29.1 Å². The molecule has 4 unspecified atom stereocenters. The van der Waals surface area contributed by atoms with Crippen LogP contribution in [0.25, 0.3) is 0 Å². The molecule has 0 fully saturated rings. The summed E-state index contributed by atoms with van der Waals surface area (Å²) in [5.41, 5.74) is 16.8. The molecule has 0 aliphatic rings. The minimum atomic E-state index is -1.27. The molecule has 0 aliphatic heterocycles. The number of nitrogens with two attached hydrogens (primary N) is 3. The Bertz CT molecular complexity index is 860. The summed E-state index contributed by atoms with van der Waals surface area (Å²) in [5, 5.41) is 16.9. The van der Waals surface area contributed by atoms with Crippen LogP contribution in [0.4, 0.5) is 0 Å². The number of primary amides is 1. The highest BCUT2D eigenvalue weighted by molar-refractivity contribution is 5.95. The number of aliphatic carboxylic acids is 1. The molecular formula is C21H36N8O6. The Morgan fingerprint density at radius 3 is 2.17 bits per heavy atom. The summed E-state index contributed by atoms with van der Waals surface area (Å²) in [6.45, 7) is 3.67. The summed E-state index contributed by atoms with van der Waals surface area (Å²) in [7, 11) is 0. The van der Waals surface area contributed by atoms with Gasteiger partial charge in [0.15, 0.2) is 0 Å². The largest absolute Gasteiger partial charge is 0.480 e. The second-order valence-corrected chi connectivity index (χ2v) is 8.53. The molecule has 196 valence electrons. The molecule has 0 bridgehead atoms. The number of carboxylic acids is 1. The Kier molecular flexibility index (Phi) is 12.4. The smallest absolute Gasteiger partial charge is 0.326 e. The van der Waals surface area contributed by atoms with Gasteiger partial charge in [-0.05, 0) is 31.7 Å². The average Bonchev–Trinajstić information content (AvgIpc) is 3.28. The van der Waals surface area contributed by atoms with Crippen molar-refractivity contribution in [1.29, 1.82) is 0 Å². The van der Waals surface area contributed by atoms with Crippen LogP contribution >= 0.6 is 0 Å². The van der Waals surface area contributed by atoms with E-state index in [4.69, 9.17) is 17.2 Å². The van der Waals surface area contributed by atoms with E-state index in [1.54, 1.807) is 13.8 Å². The molecule has 0 radical (unpaired) electrons. The predicted octanol–water partition coefficient (Wildman–Crippen LogP) is -2.52. The van der Waals surface area contributed by atoms with Crippen LogP contribution < -0.4 is 33.2 Å². The van der Waals surface area contributed by atoms with Gasteiger partial charge in [0.2, 0.25) is 23.6 Å². The first-order valence-corrected chi connectivity index (χ1v) is 11.3. The number of rotatable bonds is 16. The van der Waals surface area contributed by atoms with Crippen molar-refractivity contribution in [2.45, 2.75) is 70.1 Å². The summed E-state index contributed by atoms with van der Waals surface area (Å²) in [6.07, 6.45) is 3.71. The third kappa shape index (κ3) is 10.5. The number of carbonyl (C=O) groups excluding carboxylic acids is 4. The Morgan fingerprint density at radius 2 is 1.66 bits per heavy atom. The molecule has 11 N–H and O–H groups in total. The maximum Gasteiger partial charge on any atom is 0.326 e. The lowest BCUT2D eigenvalue weighted by Gasteiger charge is -2.26. The number of carboxylic acid groups (broad SMARTS) is 1. The topological polar surface area (TPSA) is 248 Å². The molecule has 4 atom stereocenters. The van der Waals surface area contributed by atoms with Crippen LogP contribution in [0.1, 0.15) is 45.2 Å². The number of imidazole rings is 1. The van der Waals surface area contributed by atoms with Crippen molar-refractivity contribution in [3.8, 4) is 0 Å². The predicted molar refractivity (Wildman–Crippen MR) is 125 cm³/mol. The summed E-state index contributed by atoms with van der Waals surface area (Å²) in [5.74, 6) is -4.53. The molecule has 35 heavy (non-hydrogen) atoms. The van der Waals surface area contributed by atoms with Gasteiger partial charge < -0.3 is 43.2 Å². The highest BCUT2D eigenvalue weighted by Crippen LogP contribution is 2.07. The number of amides is 4. The summed E-state index contributed by atoms with van der Waals surface area (Å²) >= 11 is 0. The van der Waals surface area contributed by atoms with Gasteiger partial charge in [0.05, 0.1) is 18.8 Å². The highest BCUT2D eigenvalue weighted by atomic mass is 16.4. The first kappa shape index (κ1) is 29.5. The molecule has 0 spiro atoms. The zero-order chi connectivity index (χ0) is 26.5. The Labute approximate surface area is 203 Å². The van der Waals surface area contributed by atoms with Crippen molar-refractivity contribution < 1.29 is 29.1 Å². The first-order valence-electron chi connectivity index (χ1n) is 11.3. The number of H-pyrrole nitrogens is 1. The maximum atomic E-state index is 13.1. The average molecular weight is 497 g/mol. The SMILES string of the molecule is CC(C)C(NC(=O)C(CCCCN)NC(=O)C(Cc1cnc[nH]1)NC(=O)C(N)CC(N)=O)C(=O)O. The van der Waals surface area contributed by atoms with Crippen molar-refractivity contribution in [3.05, 3.63) is 18.2 Å². The summed E-state index contributed by atoms with van der Waals surface area (Å²) in [4.78, 5) is 67.8. The van der Waals surface area contributed by atoms with Crippen molar-refractivity contribution >= 4 is 29.6 Å². The minimum absolute atomic E-state index is 0.0122. The van der Waals surface area contributed by atoms with Crippen LogP contribution in [0.2, 0.25) is 0 Å². The number of aromatic amines is 1. The lowest BCUT2D eigenvalue weighted by molar-refractivity contribution is -0.143. The Morgan fingerprint density at radius 1 is 1.03 bits per heavy atom. The Balaban J connectivity index is 3.05. The fraction of sp³-hybridized carbons (Fsp3) is 0.619. The molecule has 0 saturated carbocycles. The van der Waals surface area contributed by atoms with Crippen molar-refractivity contribution in [2.24, 2.45) is 23.1 Å². The minimum Gasteiger partial charge on any atom is -0.480 e. The van der Waals surface area contributed by atoms with Gasteiger partial charge in [-0.1, -0.05) is 13.8 Å². The van der Waals surface area contributed by atoms with Crippen LogP contribution in [0.15, 0.2) is 12.5 Å². The number of unbranched alkanes of at least 4 members (excludes halogenated alkanes) is 1. The number of hydrogen-bond acceptors (Lipinski definition) is 8. The van der Waals surface area contributed by atoms with E-state index < -0.39 is 66.1 Å². The number of nitrogens with one attached hydrogen (secondary N) is 4. The van der Waals surface area contributed by atoms with E-state index in [1.807, 2.05) is 0 Å². The summed E-state index contributed by atoms with van der Waals surface area (Å²) in [6, 6.07) is -4.67. The van der Waals surface area contributed by atoms with E-state index in [0.29, 0.717) is 25.1 Å². The van der Waals surface area contributed by atoms with Gasteiger partial charge in [0.1, 0.15) is 18.1 Å². The number of aromatic nitrogens is 2. The number of nitrogens with zero attached hydrogens (tertiary/aromatic N) is 1. The van der Waals surface area contributed by atoms with E-state index >= 15 is 0 Å². The second-order valence-electron chi connectivity index (χ2n) is 8.53. The van der Waals surface area contributed by atoms with Gasteiger partial charge in [-0.3, -0.25) is 19.2 Å². The molecule has 1 heterocycles. The molecule has 0 aliphatic carbocycles. The van der Waals surface area contributed by atoms with Crippen LogP contribution in [0.5, 0.6) is 0 Å². The van der Waals surface area contributed by atoms with Crippen LogP contribution in [-0.2, 0) is 30.4 Å². The molecule has 0 saturated heterocycles. The van der Waals surface area contributed by atoms with Crippen molar-refractivity contribution in [1.82, 2.24) is 25.9 Å². The lowest BCUT2D eigenvalue weighted by atomic mass is 10.0. The van der Waals surface area contributed by atoms with Crippen molar-refractivity contribution in [2.75, 3.05) is 6.54 Å². The van der Waals surface area contributed by atoms with Gasteiger partial charge in [0, 0.05) is 18.3 Å². The molecule has 4 amide bonds.